The Morgan fingerprint density at radius 1 is 1.09 bits per heavy atom. The molecule has 2 aromatic rings. The van der Waals surface area contributed by atoms with Gasteiger partial charge in [0, 0.05) is 5.02 Å². The van der Waals surface area contributed by atoms with Gasteiger partial charge in [-0.3, -0.25) is 9.69 Å². The zero-order valence-electron chi connectivity index (χ0n) is 11.2. The number of amides is 1. The molecule has 1 saturated heterocycles. The van der Waals surface area contributed by atoms with Crippen LogP contribution in [0, 0.1) is 5.82 Å². The van der Waals surface area contributed by atoms with Gasteiger partial charge in [0.05, 0.1) is 5.69 Å². The van der Waals surface area contributed by atoms with Crippen molar-refractivity contribution in [3.8, 4) is 0 Å². The fourth-order valence-corrected chi connectivity index (χ4v) is 2.51. The van der Waals surface area contributed by atoms with Gasteiger partial charge in [-0.2, -0.15) is 0 Å². The normalized spacial score (nSPS) is 16.3. The quantitative estimate of drug-likeness (QED) is 0.671. The summed E-state index contributed by atoms with van der Waals surface area (Å²) in [4.78, 5) is 13.8. The summed E-state index contributed by atoms with van der Waals surface area (Å²) >= 11 is 11.0. The van der Waals surface area contributed by atoms with Crippen molar-refractivity contribution in [1.82, 2.24) is 5.32 Å². The van der Waals surface area contributed by atoms with Gasteiger partial charge < -0.3 is 5.32 Å². The third-order valence-corrected chi connectivity index (χ3v) is 3.68. The van der Waals surface area contributed by atoms with E-state index in [0.717, 1.165) is 5.56 Å². The van der Waals surface area contributed by atoms with Gasteiger partial charge in [-0.15, -0.1) is 0 Å². The first-order chi connectivity index (χ1) is 10.5. The molecular formula is C16H10ClFN2OS. The average molecular weight is 333 g/mol. The first-order valence-electron chi connectivity index (χ1n) is 6.43. The summed E-state index contributed by atoms with van der Waals surface area (Å²) in [6.07, 6.45) is 1.69. The van der Waals surface area contributed by atoms with Crippen molar-refractivity contribution in [1.29, 1.82) is 0 Å². The average Bonchev–Trinajstić information content (AvgIpc) is 2.77. The SMILES string of the molecule is O=C1/C(=C\c2ccc(Cl)cc2)NC(=S)N1c1ccc(F)cc1. The van der Waals surface area contributed by atoms with E-state index in [1.54, 1.807) is 30.3 Å². The Morgan fingerprint density at radius 2 is 1.73 bits per heavy atom. The Bertz CT molecular complexity index is 772. The van der Waals surface area contributed by atoms with Crippen molar-refractivity contribution in [3.05, 3.63) is 70.6 Å². The highest BCUT2D eigenvalue weighted by Crippen LogP contribution is 2.23. The lowest BCUT2D eigenvalue weighted by Gasteiger charge is -2.13. The van der Waals surface area contributed by atoms with Crippen LogP contribution < -0.4 is 10.2 Å². The van der Waals surface area contributed by atoms with E-state index < -0.39 is 0 Å². The van der Waals surface area contributed by atoms with Crippen molar-refractivity contribution in [2.45, 2.75) is 0 Å². The molecule has 0 unspecified atom stereocenters. The zero-order chi connectivity index (χ0) is 15.7. The van der Waals surface area contributed by atoms with Gasteiger partial charge in [-0.25, -0.2) is 4.39 Å². The highest BCUT2D eigenvalue weighted by molar-refractivity contribution is 7.80. The highest BCUT2D eigenvalue weighted by Gasteiger charge is 2.31. The maximum atomic E-state index is 13.0. The fourth-order valence-electron chi connectivity index (χ4n) is 2.09. The number of nitrogens with one attached hydrogen (secondary N) is 1. The van der Waals surface area contributed by atoms with Gasteiger partial charge in [0.25, 0.3) is 5.91 Å². The second kappa shape index (κ2) is 5.87. The van der Waals surface area contributed by atoms with Crippen molar-refractivity contribution in [2.24, 2.45) is 0 Å². The summed E-state index contributed by atoms with van der Waals surface area (Å²) in [5.41, 5.74) is 1.70. The van der Waals surface area contributed by atoms with E-state index in [1.807, 2.05) is 0 Å². The van der Waals surface area contributed by atoms with Crippen LogP contribution in [0.1, 0.15) is 5.56 Å². The number of rotatable bonds is 2. The first kappa shape index (κ1) is 14.7. The predicted octanol–water partition coefficient (Wildman–Crippen LogP) is 3.74. The molecule has 0 radical (unpaired) electrons. The Hall–Kier alpha value is -2.24. The molecule has 1 aliphatic heterocycles. The standard InChI is InChI=1S/C16H10ClFN2OS/c17-11-3-1-10(2-4-11)9-14-15(21)20(16(22)19-14)13-7-5-12(18)6-8-13/h1-9H,(H,19,22)/b14-9+. The Labute approximate surface area is 137 Å². The van der Waals surface area contributed by atoms with Gasteiger partial charge in [-0.05, 0) is 60.3 Å². The third kappa shape index (κ3) is 2.86. The summed E-state index contributed by atoms with van der Waals surface area (Å²) in [5.74, 6) is -0.655. The van der Waals surface area contributed by atoms with Crippen LogP contribution in [0.15, 0.2) is 54.2 Å². The van der Waals surface area contributed by atoms with Crippen LogP contribution in [-0.4, -0.2) is 11.0 Å². The number of halogens is 2. The number of anilines is 1. The molecule has 3 rings (SSSR count). The minimum Gasteiger partial charge on any atom is -0.327 e. The van der Waals surface area contributed by atoms with E-state index >= 15 is 0 Å². The van der Waals surface area contributed by atoms with Gasteiger partial charge in [0.1, 0.15) is 11.5 Å². The number of benzene rings is 2. The second-order valence-electron chi connectivity index (χ2n) is 4.66. The lowest BCUT2D eigenvalue weighted by molar-refractivity contribution is -0.113. The molecule has 110 valence electrons. The van der Waals surface area contributed by atoms with Crippen LogP contribution in [0.5, 0.6) is 0 Å². The predicted molar refractivity (Wildman–Crippen MR) is 89.0 cm³/mol. The molecule has 6 heteroatoms. The minimum atomic E-state index is -0.369. The molecule has 1 N–H and O–H groups in total. The van der Waals surface area contributed by atoms with Gasteiger partial charge in [0.2, 0.25) is 0 Å². The maximum Gasteiger partial charge on any atom is 0.281 e. The Kier molecular flexibility index (Phi) is 3.92. The van der Waals surface area contributed by atoms with Crippen LogP contribution in [0.2, 0.25) is 5.02 Å². The summed E-state index contributed by atoms with van der Waals surface area (Å²) < 4.78 is 13.0. The second-order valence-corrected chi connectivity index (χ2v) is 5.48. The Morgan fingerprint density at radius 3 is 2.36 bits per heavy atom. The topological polar surface area (TPSA) is 32.3 Å². The van der Waals surface area contributed by atoms with Crippen LogP contribution in [0.4, 0.5) is 10.1 Å². The number of nitrogens with zero attached hydrogens (tertiary/aromatic N) is 1. The van der Waals surface area contributed by atoms with Crippen LogP contribution in [0.3, 0.4) is 0 Å². The number of hydrogen-bond donors (Lipinski definition) is 1. The van der Waals surface area contributed by atoms with Crippen molar-refractivity contribution < 1.29 is 9.18 Å². The summed E-state index contributed by atoms with van der Waals surface area (Å²) in [6, 6.07) is 12.7. The zero-order valence-corrected chi connectivity index (χ0v) is 12.8. The molecule has 0 saturated carbocycles. The van der Waals surface area contributed by atoms with Crippen molar-refractivity contribution in [3.63, 3.8) is 0 Å². The number of hydrogen-bond acceptors (Lipinski definition) is 2. The fraction of sp³-hybridized carbons (Fsp3) is 0. The number of thiocarbonyl (C=S) groups is 1. The molecule has 22 heavy (non-hydrogen) atoms. The smallest absolute Gasteiger partial charge is 0.281 e. The summed E-state index contributed by atoms with van der Waals surface area (Å²) in [6.45, 7) is 0. The van der Waals surface area contributed by atoms with Gasteiger partial charge in [0.15, 0.2) is 5.11 Å². The highest BCUT2D eigenvalue weighted by atomic mass is 35.5. The molecule has 1 aliphatic rings. The van der Waals surface area contributed by atoms with Gasteiger partial charge in [-0.1, -0.05) is 23.7 Å². The molecule has 1 amide bonds. The minimum absolute atomic E-state index is 0.261. The molecule has 2 aromatic carbocycles. The van der Waals surface area contributed by atoms with Crippen LogP contribution in [0.25, 0.3) is 6.08 Å². The molecular weight excluding hydrogens is 323 g/mol. The maximum absolute atomic E-state index is 13.0. The molecule has 1 heterocycles. The van der Waals surface area contributed by atoms with E-state index in [9.17, 15) is 9.18 Å². The monoisotopic (exact) mass is 332 g/mol. The molecule has 0 aromatic heterocycles. The molecule has 0 atom stereocenters. The van der Waals surface area contributed by atoms with Crippen LogP contribution in [-0.2, 0) is 4.79 Å². The molecule has 1 fully saturated rings. The lowest BCUT2D eigenvalue weighted by Crippen LogP contribution is -2.30. The molecule has 0 aliphatic carbocycles. The third-order valence-electron chi connectivity index (χ3n) is 3.14. The summed E-state index contributed by atoms with van der Waals surface area (Å²) in [7, 11) is 0. The Balaban J connectivity index is 1.91. The van der Waals surface area contributed by atoms with Crippen LogP contribution >= 0.6 is 23.8 Å². The van der Waals surface area contributed by atoms with E-state index in [0.29, 0.717) is 16.4 Å². The van der Waals surface area contributed by atoms with E-state index in [-0.39, 0.29) is 16.8 Å². The van der Waals surface area contributed by atoms with Crippen molar-refractivity contribution in [2.75, 3.05) is 4.90 Å². The molecule has 3 nitrogen and oxygen atoms in total. The molecule has 0 spiro atoms. The number of carbonyl (C=O) groups excluding carboxylic acids is 1. The van der Waals surface area contributed by atoms with E-state index in [4.69, 9.17) is 23.8 Å². The van der Waals surface area contributed by atoms with Gasteiger partial charge >= 0.3 is 0 Å². The summed E-state index contributed by atoms with van der Waals surface area (Å²) in [5, 5.41) is 3.75. The van der Waals surface area contributed by atoms with Crippen molar-refractivity contribution >= 4 is 46.6 Å². The largest absolute Gasteiger partial charge is 0.327 e. The van der Waals surface area contributed by atoms with E-state index in [1.165, 1.54) is 29.2 Å². The van der Waals surface area contributed by atoms with E-state index in [2.05, 4.69) is 5.32 Å². The number of carbonyl (C=O) groups is 1. The first-order valence-corrected chi connectivity index (χ1v) is 7.21. The lowest BCUT2D eigenvalue weighted by atomic mass is 10.2. The molecule has 0 bridgehead atoms.